The minimum Gasteiger partial charge on any atom is -0.434 e. The molecule has 3 rings (SSSR count). The van der Waals surface area contributed by atoms with E-state index in [1.165, 1.54) is 12.1 Å². The van der Waals surface area contributed by atoms with Crippen LogP contribution in [0.3, 0.4) is 0 Å². The lowest BCUT2D eigenvalue weighted by atomic mass is 10.1. The third kappa shape index (κ3) is 4.58. The van der Waals surface area contributed by atoms with Crippen molar-refractivity contribution in [2.75, 3.05) is 6.26 Å². The molecule has 3 atom stereocenters. The van der Waals surface area contributed by atoms with E-state index in [4.69, 9.17) is 4.42 Å². The molecular formula is C21H22N2O6S. The number of aromatic nitrogens is 1. The van der Waals surface area contributed by atoms with E-state index in [0.29, 0.717) is 11.1 Å². The first-order valence-electron chi connectivity index (χ1n) is 9.34. The zero-order valence-electron chi connectivity index (χ0n) is 16.5. The van der Waals surface area contributed by atoms with Crippen molar-refractivity contribution >= 4 is 32.6 Å². The second-order valence-electron chi connectivity index (χ2n) is 6.93. The Morgan fingerprint density at radius 1 is 1.10 bits per heavy atom. The van der Waals surface area contributed by atoms with Gasteiger partial charge in [0, 0.05) is 6.26 Å². The summed E-state index contributed by atoms with van der Waals surface area (Å²) in [6.45, 7) is 1.67. The Bertz CT molecular complexity index is 1120. The van der Waals surface area contributed by atoms with Gasteiger partial charge in [-0.3, -0.25) is 9.59 Å². The van der Waals surface area contributed by atoms with Gasteiger partial charge >= 0.3 is 0 Å². The predicted molar refractivity (Wildman–Crippen MR) is 111 cm³/mol. The Morgan fingerprint density at radius 2 is 1.73 bits per heavy atom. The molecule has 2 unspecified atom stereocenters. The lowest BCUT2D eigenvalue weighted by molar-refractivity contribution is -0.130. The van der Waals surface area contributed by atoms with Crippen molar-refractivity contribution in [2.45, 2.75) is 30.7 Å². The second-order valence-corrected chi connectivity index (χ2v) is 9.09. The fourth-order valence-electron chi connectivity index (χ4n) is 3.18. The number of nitrogens with one attached hydrogen (secondary N) is 1. The van der Waals surface area contributed by atoms with E-state index in [2.05, 4.69) is 10.3 Å². The third-order valence-electron chi connectivity index (χ3n) is 4.69. The van der Waals surface area contributed by atoms with Gasteiger partial charge in [0.1, 0.15) is 10.8 Å². The summed E-state index contributed by atoms with van der Waals surface area (Å²) in [4.78, 5) is 29.6. The van der Waals surface area contributed by atoms with Crippen LogP contribution in [-0.4, -0.2) is 48.6 Å². The van der Waals surface area contributed by atoms with Crippen LogP contribution in [0.15, 0.2) is 59.0 Å². The highest BCUT2D eigenvalue weighted by molar-refractivity contribution is 7.91. The summed E-state index contributed by atoms with van der Waals surface area (Å²) in [7, 11) is -3.82. The number of hydrogen-bond acceptors (Lipinski definition) is 7. The molecule has 2 N–H and O–H groups in total. The number of carbonyl (C=O) groups excluding carboxylic acids is 2. The first-order chi connectivity index (χ1) is 14.2. The molecule has 8 nitrogen and oxygen atoms in total. The monoisotopic (exact) mass is 430 g/mol. The van der Waals surface area contributed by atoms with Crippen molar-refractivity contribution in [3.8, 4) is 0 Å². The molecule has 0 aliphatic carbocycles. The summed E-state index contributed by atoms with van der Waals surface area (Å²) in [5.41, 5.74) is 1.22. The van der Waals surface area contributed by atoms with Gasteiger partial charge in [0.15, 0.2) is 21.5 Å². The number of amides is 1. The zero-order valence-corrected chi connectivity index (χ0v) is 17.3. The van der Waals surface area contributed by atoms with Crippen molar-refractivity contribution in [2.24, 2.45) is 0 Å². The molecule has 0 aliphatic rings. The van der Waals surface area contributed by atoms with Gasteiger partial charge in [-0.05, 0) is 24.1 Å². The molecule has 3 aromatic rings. The Labute approximate surface area is 173 Å². The summed E-state index contributed by atoms with van der Waals surface area (Å²) in [6.07, 6.45) is -0.750. The number of fused-ring (bicyclic) bond motifs is 1. The highest BCUT2D eigenvalue weighted by Crippen LogP contribution is 2.26. The highest BCUT2D eigenvalue weighted by atomic mass is 32.2. The molecule has 1 heterocycles. The number of sulfone groups is 1. The molecule has 158 valence electrons. The third-order valence-corrected chi connectivity index (χ3v) is 6.14. The Kier molecular flexibility index (Phi) is 6.33. The number of oxazole rings is 1. The molecule has 0 fully saturated rings. The number of carbonyl (C=O) groups is 2. The number of Topliss-reactive ketones (excluding diaryl/α,β-unsaturated/α-hetero) is 1. The summed E-state index contributed by atoms with van der Waals surface area (Å²) >= 11 is 0. The van der Waals surface area contributed by atoms with Crippen molar-refractivity contribution < 1.29 is 27.5 Å². The lowest BCUT2D eigenvalue weighted by Gasteiger charge is -2.23. The SMILES string of the molecule is CC[C@H](NC(=O)C(O)C(c1ccccc1)S(C)(=O)=O)C(=O)c1nc2ccccc2o1. The lowest BCUT2D eigenvalue weighted by Crippen LogP contribution is -2.48. The van der Waals surface area contributed by atoms with Gasteiger partial charge in [0.2, 0.25) is 5.78 Å². The summed E-state index contributed by atoms with van der Waals surface area (Å²) in [6, 6.07) is 13.8. The zero-order chi connectivity index (χ0) is 21.9. The molecule has 0 aliphatic heterocycles. The van der Waals surface area contributed by atoms with Crippen molar-refractivity contribution in [1.82, 2.24) is 10.3 Å². The first-order valence-corrected chi connectivity index (χ1v) is 11.3. The molecule has 1 amide bonds. The number of aliphatic hydroxyl groups is 1. The molecule has 0 bridgehead atoms. The van der Waals surface area contributed by atoms with Crippen LogP contribution in [0.4, 0.5) is 0 Å². The van der Waals surface area contributed by atoms with E-state index in [9.17, 15) is 23.1 Å². The van der Waals surface area contributed by atoms with Crippen molar-refractivity contribution in [1.29, 1.82) is 0 Å². The van der Waals surface area contributed by atoms with Crippen LogP contribution >= 0.6 is 0 Å². The van der Waals surface area contributed by atoms with Crippen LogP contribution < -0.4 is 5.32 Å². The molecule has 2 aromatic carbocycles. The topological polar surface area (TPSA) is 127 Å². The Hall–Kier alpha value is -3.04. The van der Waals surface area contributed by atoms with Crippen LogP contribution in [0.1, 0.15) is 34.8 Å². The van der Waals surface area contributed by atoms with E-state index in [0.717, 1.165) is 6.26 Å². The number of aliphatic hydroxyl groups excluding tert-OH is 1. The minimum atomic E-state index is -3.82. The number of ketones is 1. The van der Waals surface area contributed by atoms with Gasteiger partial charge < -0.3 is 14.8 Å². The second kappa shape index (κ2) is 8.76. The number of nitrogens with zero attached hydrogens (tertiary/aromatic N) is 1. The van der Waals surface area contributed by atoms with Crippen LogP contribution in [-0.2, 0) is 14.6 Å². The summed E-state index contributed by atoms with van der Waals surface area (Å²) in [5.74, 6) is -1.70. The largest absolute Gasteiger partial charge is 0.434 e. The first kappa shape index (κ1) is 21.7. The molecule has 30 heavy (non-hydrogen) atoms. The summed E-state index contributed by atoms with van der Waals surface area (Å²) in [5, 5.41) is 11.5. The fourth-order valence-corrected chi connectivity index (χ4v) is 4.42. The Balaban J connectivity index is 1.81. The van der Waals surface area contributed by atoms with Gasteiger partial charge in [0.25, 0.3) is 11.8 Å². The number of hydrogen-bond donors (Lipinski definition) is 2. The van der Waals surface area contributed by atoms with Gasteiger partial charge in [-0.2, -0.15) is 0 Å². The van der Waals surface area contributed by atoms with E-state index < -0.39 is 38.9 Å². The highest BCUT2D eigenvalue weighted by Gasteiger charge is 2.37. The van der Waals surface area contributed by atoms with E-state index in [1.807, 2.05) is 0 Å². The predicted octanol–water partition coefficient (Wildman–Crippen LogP) is 2.05. The van der Waals surface area contributed by atoms with Crippen molar-refractivity contribution in [3.05, 3.63) is 66.1 Å². The van der Waals surface area contributed by atoms with Gasteiger partial charge in [-0.25, -0.2) is 13.4 Å². The van der Waals surface area contributed by atoms with Crippen LogP contribution in [0, 0.1) is 0 Å². The number of para-hydroxylation sites is 2. The van der Waals surface area contributed by atoms with Crippen molar-refractivity contribution in [3.63, 3.8) is 0 Å². The van der Waals surface area contributed by atoms with Gasteiger partial charge in [-0.1, -0.05) is 49.4 Å². The molecule has 0 saturated carbocycles. The molecule has 0 saturated heterocycles. The maximum absolute atomic E-state index is 12.8. The average molecular weight is 430 g/mol. The van der Waals surface area contributed by atoms with Crippen LogP contribution in [0.2, 0.25) is 0 Å². The quantitative estimate of drug-likeness (QED) is 0.524. The van der Waals surface area contributed by atoms with E-state index in [-0.39, 0.29) is 17.9 Å². The summed E-state index contributed by atoms with van der Waals surface area (Å²) < 4.78 is 30.0. The van der Waals surface area contributed by atoms with Gasteiger partial charge in [-0.15, -0.1) is 0 Å². The number of benzene rings is 2. The smallest absolute Gasteiger partial charge is 0.266 e. The normalized spacial score (nSPS) is 14.8. The average Bonchev–Trinajstić information content (AvgIpc) is 3.15. The minimum absolute atomic E-state index is 0.166. The fraction of sp³-hybridized carbons (Fsp3) is 0.286. The molecule has 9 heteroatoms. The Morgan fingerprint density at radius 3 is 2.33 bits per heavy atom. The van der Waals surface area contributed by atoms with E-state index in [1.54, 1.807) is 49.4 Å². The standard InChI is InChI=1S/C21H22N2O6S/c1-3-14(17(24)21-23-15-11-7-8-12-16(15)29-21)22-20(26)18(25)19(30(2,27)28)13-9-5-4-6-10-13/h4-12,14,18-19,25H,3H2,1-2H3,(H,22,26)/t14-,18?,19?/m0/s1. The maximum Gasteiger partial charge on any atom is 0.266 e. The van der Waals surface area contributed by atoms with Gasteiger partial charge in [0.05, 0.1) is 6.04 Å². The molecule has 1 aromatic heterocycles. The molecule has 0 radical (unpaired) electrons. The van der Waals surface area contributed by atoms with E-state index >= 15 is 0 Å². The van der Waals surface area contributed by atoms with Crippen LogP contribution in [0.5, 0.6) is 0 Å². The molecule has 0 spiro atoms. The maximum atomic E-state index is 12.8. The van der Waals surface area contributed by atoms with Crippen LogP contribution in [0.25, 0.3) is 11.1 Å². The molecular weight excluding hydrogens is 408 g/mol. The number of rotatable bonds is 8.